The number of rotatable bonds is 5. The van der Waals surface area contributed by atoms with Crippen LogP contribution in [-0.4, -0.2) is 32.4 Å². The van der Waals surface area contributed by atoms with Crippen LogP contribution in [-0.2, 0) is 4.79 Å². The van der Waals surface area contributed by atoms with Crippen LogP contribution < -0.4 is 5.32 Å². The smallest absolute Gasteiger partial charge is 0.326 e. The summed E-state index contributed by atoms with van der Waals surface area (Å²) >= 11 is 3.35. The monoisotopic (exact) mass is 353 g/mol. The van der Waals surface area contributed by atoms with E-state index in [0.29, 0.717) is 29.9 Å². The fraction of sp³-hybridized carbons (Fsp3) is 0.357. The van der Waals surface area contributed by atoms with E-state index in [0.717, 1.165) is 4.47 Å². The highest BCUT2D eigenvalue weighted by Crippen LogP contribution is 2.17. The topological polar surface area (TPSA) is 83.7 Å². The molecule has 7 heteroatoms. The number of aryl methyl sites for hydroxylation is 1. The molecule has 0 spiro atoms. The number of aliphatic carboxylic acids is 1. The van der Waals surface area contributed by atoms with Gasteiger partial charge in [-0.15, -0.1) is 0 Å². The molecule has 0 saturated heterocycles. The second kappa shape index (κ2) is 6.26. The highest BCUT2D eigenvalue weighted by Gasteiger charge is 2.23. The lowest BCUT2D eigenvalue weighted by Gasteiger charge is -2.13. The zero-order valence-electron chi connectivity index (χ0n) is 11.8. The average Bonchev–Trinajstić information content (AvgIpc) is 2.73. The van der Waals surface area contributed by atoms with E-state index < -0.39 is 17.9 Å². The summed E-state index contributed by atoms with van der Waals surface area (Å²) in [6, 6.07) is 2.73. The minimum atomic E-state index is -1.03. The first-order chi connectivity index (χ1) is 9.93. The van der Waals surface area contributed by atoms with E-state index in [1.54, 1.807) is 23.6 Å². The van der Waals surface area contributed by atoms with E-state index in [1.807, 2.05) is 13.0 Å². The molecule has 1 unspecified atom stereocenters. The highest BCUT2D eigenvalue weighted by molar-refractivity contribution is 9.10. The van der Waals surface area contributed by atoms with Crippen LogP contribution in [0.1, 0.15) is 35.9 Å². The van der Waals surface area contributed by atoms with Crippen molar-refractivity contribution in [3.63, 3.8) is 0 Å². The van der Waals surface area contributed by atoms with Crippen molar-refractivity contribution in [2.45, 2.75) is 32.7 Å². The van der Waals surface area contributed by atoms with Gasteiger partial charge in [0.2, 0.25) is 0 Å². The van der Waals surface area contributed by atoms with Gasteiger partial charge in [0.1, 0.15) is 17.4 Å². The lowest BCUT2D eigenvalue weighted by Crippen LogP contribution is -2.41. The van der Waals surface area contributed by atoms with Gasteiger partial charge in [0.25, 0.3) is 5.91 Å². The number of pyridine rings is 1. The van der Waals surface area contributed by atoms with Crippen LogP contribution in [0.2, 0.25) is 0 Å². The number of imidazole rings is 1. The molecule has 2 N–H and O–H groups in total. The van der Waals surface area contributed by atoms with Gasteiger partial charge >= 0.3 is 5.97 Å². The Morgan fingerprint density at radius 3 is 2.81 bits per heavy atom. The molecule has 21 heavy (non-hydrogen) atoms. The first-order valence-electron chi connectivity index (χ1n) is 6.62. The molecule has 2 rings (SSSR count). The maximum atomic E-state index is 12.4. The number of nitrogens with zero attached hydrogens (tertiary/aromatic N) is 2. The zero-order chi connectivity index (χ0) is 15.6. The number of aromatic nitrogens is 2. The molecule has 0 fully saturated rings. The molecule has 2 aromatic heterocycles. The Morgan fingerprint density at radius 2 is 2.19 bits per heavy atom. The number of carbonyl (C=O) groups excluding carboxylic acids is 1. The maximum Gasteiger partial charge on any atom is 0.326 e. The molecule has 0 radical (unpaired) electrons. The fourth-order valence-corrected chi connectivity index (χ4v) is 2.52. The SMILES string of the molecule is CCCC(NC(=O)c1c(C)nc2ccc(Br)cn12)C(=O)O. The van der Waals surface area contributed by atoms with Gasteiger partial charge in [0.15, 0.2) is 0 Å². The zero-order valence-corrected chi connectivity index (χ0v) is 13.3. The number of hydrogen-bond donors (Lipinski definition) is 2. The van der Waals surface area contributed by atoms with Gasteiger partial charge < -0.3 is 10.4 Å². The van der Waals surface area contributed by atoms with Crippen LogP contribution in [0.15, 0.2) is 22.8 Å². The van der Waals surface area contributed by atoms with Crippen molar-refractivity contribution in [1.29, 1.82) is 0 Å². The summed E-state index contributed by atoms with van der Waals surface area (Å²) in [7, 11) is 0. The summed E-state index contributed by atoms with van der Waals surface area (Å²) in [6.07, 6.45) is 2.80. The van der Waals surface area contributed by atoms with E-state index >= 15 is 0 Å². The second-order valence-corrected chi connectivity index (χ2v) is 5.69. The van der Waals surface area contributed by atoms with E-state index in [4.69, 9.17) is 5.11 Å². The number of halogens is 1. The summed E-state index contributed by atoms with van der Waals surface area (Å²) in [4.78, 5) is 27.9. The van der Waals surface area contributed by atoms with Gasteiger partial charge in [-0.2, -0.15) is 0 Å². The predicted molar refractivity (Wildman–Crippen MR) is 81.4 cm³/mol. The third-order valence-corrected chi connectivity index (χ3v) is 3.62. The Hall–Kier alpha value is -1.89. The Morgan fingerprint density at radius 1 is 1.48 bits per heavy atom. The van der Waals surface area contributed by atoms with Gasteiger partial charge in [0.05, 0.1) is 5.69 Å². The average molecular weight is 354 g/mol. The van der Waals surface area contributed by atoms with Gasteiger partial charge in [-0.05, 0) is 41.4 Å². The Balaban J connectivity index is 2.36. The summed E-state index contributed by atoms with van der Waals surface area (Å²) in [5.41, 5.74) is 1.56. The fourth-order valence-electron chi connectivity index (χ4n) is 2.18. The van der Waals surface area contributed by atoms with Crippen molar-refractivity contribution in [3.8, 4) is 0 Å². The van der Waals surface area contributed by atoms with Gasteiger partial charge in [-0.25, -0.2) is 9.78 Å². The molecule has 0 aliphatic rings. The third-order valence-electron chi connectivity index (χ3n) is 3.15. The van der Waals surface area contributed by atoms with Gasteiger partial charge in [0, 0.05) is 10.7 Å². The van der Waals surface area contributed by atoms with Crippen LogP contribution in [0.3, 0.4) is 0 Å². The van der Waals surface area contributed by atoms with Crippen LogP contribution in [0, 0.1) is 6.92 Å². The molecule has 0 aromatic carbocycles. The first kappa shape index (κ1) is 15.5. The second-order valence-electron chi connectivity index (χ2n) is 4.77. The lowest BCUT2D eigenvalue weighted by atomic mass is 10.1. The molecule has 0 saturated carbocycles. The van der Waals surface area contributed by atoms with Crippen molar-refractivity contribution in [2.24, 2.45) is 0 Å². The van der Waals surface area contributed by atoms with E-state index in [2.05, 4.69) is 26.2 Å². The number of nitrogens with one attached hydrogen (secondary N) is 1. The molecular formula is C14H16BrN3O3. The summed E-state index contributed by atoms with van der Waals surface area (Å²) in [5, 5.41) is 11.7. The normalized spacial score (nSPS) is 12.3. The summed E-state index contributed by atoms with van der Waals surface area (Å²) in [5.74, 6) is -1.46. The molecule has 2 aromatic rings. The van der Waals surface area contributed by atoms with Crippen LogP contribution in [0.5, 0.6) is 0 Å². The molecule has 0 bridgehead atoms. The largest absolute Gasteiger partial charge is 0.480 e. The predicted octanol–water partition coefficient (Wildman–Crippen LogP) is 2.39. The Kier molecular flexibility index (Phi) is 4.62. The maximum absolute atomic E-state index is 12.4. The van der Waals surface area contributed by atoms with Crippen molar-refractivity contribution < 1.29 is 14.7 Å². The molecule has 0 aliphatic carbocycles. The number of hydrogen-bond acceptors (Lipinski definition) is 3. The molecular weight excluding hydrogens is 338 g/mol. The number of fused-ring (bicyclic) bond motifs is 1. The van der Waals surface area contributed by atoms with Crippen LogP contribution in [0.4, 0.5) is 0 Å². The summed E-state index contributed by atoms with van der Waals surface area (Å²) < 4.78 is 2.46. The van der Waals surface area contributed by atoms with Crippen molar-refractivity contribution in [1.82, 2.24) is 14.7 Å². The number of carboxylic acids is 1. The molecule has 1 atom stereocenters. The molecule has 0 aliphatic heterocycles. The van der Waals surface area contributed by atoms with E-state index in [1.165, 1.54) is 0 Å². The Labute approximate surface area is 130 Å². The molecule has 1 amide bonds. The standard InChI is InChI=1S/C14H16BrN3O3/c1-3-4-10(14(20)21)17-13(19)12-8(2)16-11-6-5-9(15)7-18(11)12/h5-7,10H,3-4H2,1-2H3,(H,17,19)(H,20,21). The minimum Gasteiger partial charge on any atom is -0.480 e. The van der Waals surface area contributed by atoms with E-state index in [9.17, 15) is 9.59 Å². The van der Waals surface area contributed by atoms with Crippen molar-refractivity contribution in [3.05, 3.63) is 34.2 Å². The number of carboxylic acid groups (broad SMARTS) is 1. The van der Waals surface area contributed by atoms with Crippen molar-refractivity contribution >= 4 is 33.5 Å². The van der Waals surface area contributed by atoms with Crippen molar-refractivity contribution in [2.75, 3.05) is 0 Å². The lowest BCUT2D eigenvalue weighted by molar-refractivity contribution is -0.139. The van der Waals surface area contributed by atoms with Crippen LogP contribution in [0.25, 0.3) is 5.65 Å². The molecule has 2 heterocycles. The number of amides is 1. The molecule has 6 nitrogen and oxygen atoms in total. The third kappa shape index (κ3) is 3.24. The summed E-state index contributed by atoms with van der Waals surface area (Å²) in [6.45, 7) is 3.60. The van der Waals surface area contributed by atoms with Crippen LogP contribution >= 0.6 is 15.9 Å². The Bertz CT molecular complexity index is 696. The number of carbonyl (C=O) groups is 2. The van der Waals surface area contributed by atoms with Gasteiger partial charge in [-0.3, -0.25) is 9.20 Å². The minimum absolute atomic E-state index is 0.355. The first-order valence-corrected chi connectivity index (χ1v) is 7.41. The molecule has 112 valence electrons. The quantitative estimate of drug-likeness (QED) is 0.864. The van der Waals surface area contributed by atoms with Gasteiger partial charge in [-0.1, -0.05) is 13.3 Å². The van der Waals surface area contributed by atoms with E-state index in [-0.39, 0.29) is 0 Å². The highest BCUT2D eigenvalue weighted by atomic mass is 79.9.